The minimum atomic E-state index is -0.508. The number of ether oxygens (including phenoxy) is 2. The summed E-state index contributed by atoms with van der Waals surface area (Å²) in [6.45, 7) is -0.00411. The van der Waals surface area contributed by atoms with Crippen LogP contribution in [0.4, 0.5) is 17.1 Å². The molecule has 8 nitrogen and oxygen atoms in total. The maximum Gasteiger partial charge on any atom is 0.280 e. The molecule has 9 heteroatoms. The van der Waals surface area contributed by atoms with Crippen molar-refractivity contribution in [2.75, 3.05) is 11.7 Å². The lowest BCUT2D eigenvalue weighted by atomic mass is 10.1. The summed E-state index contributed by atoms with van der Waals surface area (Å²) in [5.41, 5.74) is 1.43. The minimum absolute atomic E-state index is 0.00411. The van der Waals surface area contributed by atoms with Crippen LogP contribution in [-0.4, -0.2) is 22.8 Å². The number of carbonyl (C=O) groups excluding carboxylic acids is 1. The van der Waals surface area contributed by atoms with Crippen LogP contribution in [-0.2, 0) is 4.79 Å². The first-order valence-corrected chi connectivity index (χ1v) is 10.4. The zero-order valence-corrected chi connectivity index (χ0v) is 17.3. The minimum Gasteiger partial charge on any atom is -0.454 e. The number of aliphatic imine (C=N–C) groups is 1. The molecule has 0 unspecified atom stereocenters. The summed E-state index contributed by atoms with van der Waals surface area (Å²) < 4.78 is 10.6. The van der Waals surface area contributed by atoms with E-state index in [4.69, 9.17) is 9.47 Å². The molecular weight excluding hydrogens is 430 g/mol. The average molecular weight is 445 g/mol. The summed E-state index contributed by atoms with van der Waals surface area (Å²) in [4.78, 5) is 30.9. The number of hydrogen-bond donors (Lipinski definition) is 0. The first-order valence-electron chi connectivity index (χ1n) is 9.61. The summed E-state index contributed by atoms with van der Waals surface area (Å²) >= 11 is 1.16. The fourth-order valence-corrected chi connectivity index (χ4v) is 4.32. The second-order valence-corrected chi connectivity index (χ2v) is 7.85. The molecule has 0 N–H and O–H groups in total. The number of rotatable bonds is 4. The van der Waals surface area contributed by atoms with Crippen LogP contribution in [0.3, 0.4) is 0 Å². The van der Waals surface area contributed by atoms with Crippen molar-refractivity contribution in [2.24, 2.45) is 4.99 Å². The van der Waals surface area contributed by atoms with E-state index in [0.717, 1.165) is 11.8 Å². The van der Waals surface area contributed by atoms with Crippen LogP contribution in [0.15, 0.2) is 82.7 Å². The fourth-order valence-electron chi connectivity index (χ4n) is 3.33. The number of carbonyl (C=O) groups is 1. The van der Waals surface area contributed by atoms with E-state index < -0.39 is 4.92 Å². The van der Waals surface area contributed by atoms with E-state index >= 15 is 0 Å². The van der Waals surface area contributed by atoms with Crippen molar-refractivity contribution in [3.8, 4) is 11.5 Å². The lowest BCUT2D eigenvalue weighted by molar-refractivity contribution is -0.385. The summed E-state index contributed by atoms with van der Waals surface area (Å²) in [5.74, 6) is 0.389. The van der Waals surface area contributed by atoms with Crippen LogP contribution in [0.1, 0.15) is 5.56 Å². The third-order valence-corrected chi connectivity index (χ3v) is 5.78. The van der Waals surface area contributed by atoms with Crippen LogP contribution in [0.2, 0.25) is 0 Å². The van der Waals surface area contributed by atoms with Crippen molar-refractivity contribution in [3.63, 3.8) is 0 Å². The Morgan fingerprint density at radius 3 is 2.34 bits per heavy atom. The van der Waals surface area contributed by atoms with Crippen LogP contribution < -0.4 is 14.4 Å². The number of hydrogen-bond acceptors (Lipinski definition) is 7. The SMILES string of the molecule is O=C1/C(=C\c2cc3c(cc2[N+](=O)[O-])OCO3)SC(=Nc2ccccc2)N1c1ccccc1. The van der Waals surface area contributed by atoms with E-state index in [1.54, 1.807) is 0 Å². The van der Waals surface area contributed by atoms with E-state index in [1.165, 1.54) is 23.1 Å². The topological polar surface area (TPSA) is 94.3 Å². The lowest BCUT2D eigenvalue weighted by Crippen LogP contribution is -2.28. The molecule has 32 heavy (non-hydrogen) atoms. The van der Waals surface area contributed by atoms with Gasteiger partial charge in [-0.25, -0.2) is 4.99 Å². The van der Waals surface area contributed by atoms with Crippen LogP contribution in [0, 0.1) is 10.1 Å². The molecule has 5 rings (SSSR count). The highest BCUT2D eigenvalue weighted by Gasteiger charge is 2.35. The van der Waals surface area contributed by atoms with E-state index in [2.05, 4.69) is 4.99 Å². The van der Waals surface area contributed by atoms with Gasteiger partial charge < -0.3 is 9.47 Å². The van der Waals surface area contributed by atoms with Crippen molar-refractivity contribution in [3.05, 3.63) is 93.4 Å². The zero-order chi connectivity index (χ0) is 22.1. The Morgan fingerprint density at radius 1 is 1.00 bits per heavy atom. The number of nitrogens with zero attached hydrogens (tertiary/aromatic N) is 3. The molecule has 0 aliphatic carbocycles. The maximum absolute atomic E-state index is 13.4. The number of fused-ring (bicyclic) bond motifs is 1. The second-order valence-electron chi connectivity index (χ2n) is 6.84. The molecule has 0 spiro atoms. The normalized spacial score (nSPS) is 17.4. The fraction of sp³-hybridized carbons (Fsp3) is 0.0435. The number of amidine groups is 1. The van der Waals surface area contributed by atoms with Gasteiger partial charge in [0.05, 0.1) is 32.8 Å². The van der Waals surface area contributed by atoms with E-state index in [0.29, 0.717) is 32.9 Å². The Bertz CT molecular complexity index is 1280. The molecule has 2 aliphatic heterocycles. The molecule has 0 saturated carbocycles. The number of benzene rings is 3. The third-order valence-electron chi connectivity index (χ3n) is 4.81. The van der Waals surface area contributed by atoms with Gasteiger partial charge in [0.25, 0.3) is 11.6 Å². The van der Waals surface area contributed by atoms with Crippen LogP contribution >= 0.6 is 11.8 Å². The van der Waals surface area contributed by atoms with E-state index in [-0.39, 0.29) is 24.0 Å². The highest BCUT2D eigenvalue weighted by Crippen LogP contribution is 2.42. The number of nitro benzene ring substituents is 1. The molecule has 1 fully saturated rings. The van der Waals surface area contributed by atoms with Gasteiger partial charge >= 0.3 is 0 Å². The lowest BCUT2D eigenvalue weighted by Gasteiger charge is -2.15. The second kappa shape index (κ2) is 8.20. The largest absolute Gasteiger partial charge is 0.454 e. The summed E-state index contributed by atoms with van der Waals surface area (Å²) in [6.07, 6.45) is 1.50. The highest BCUT2D eigenvalue weighted by molar-refractivity contribution is 8.19. The van der Waals surface area contributed by atoms with E-state index in [1.807, 2.05) is 60.7 Å². The van der Waals surface area contributed by atoms with Gasteiger partial charge in [-0.2, -0.15) is 0 Å². The quantitative estimate of drug-likeness (QED) is 0.314. The Morgan fingerprint density at radius 2 is 1.66 bits per heavy atom. The monoisotopic (exact) mass is 445 g/mol. The molecule has 0 atom stereocenters. The standard InChI is InChI=1S/C23H15N3O5S/c27-22-21(12-15-11-19-20(31-14-30-19)13-18(15)26(28)29)32-23(24-16-7-3-1-4-8-16)25(22)17-9-5-2-6-10-17/h1-13H,14H2/b21-12+,24-23?. The molecule has 0 radical (unpaired) electrons. The van der Waals surface area contributed by atoms with Crippen molar-refractivity contribution in [1.82, 2.24) is 0 Å². The summed E-state index contributed by atoms with van der Waals surface area (Å²) in [6, 6.07) is 21.3. The predicted octanol–water partition coefficient (Wildman–Crippen LogP) is 5.13. The molecule has 1 amide bonds. The van der Waals surface area contributed by atoms with Crippen molar-refractivity contribution < 1.29 is 19.2 Å². The van der Waals surface area contributed by atoms with E-state index in [9.17, 15) is 14.9 Å². The number of thioether (sulfide) groups is 1. The number of anilines is 1. The zero-order valence-electron chi connectivity index (χ0n) is 16.5. The van der Waals surface area contributed by atoms with Crippen molar-refractivity contribution in [2.45, 2.75) is 0 Å². The highest BCUT2D eigenvalue weighted by atomic mass is 32.2. The molecule has 2 heterocycles. The van der Waals surface area contributed by atoms with Crippen LogP contribution in [0.5, 0.6) is 11.5 Å². The molecule has 3 aromatic carbocycles. The van der Waals surface area contributed by atoms with Gasteiger partial charge in [0.15, 0.2) is 16.7 Å². The Balaban J connectivity index is 1.60. The molecule has 158 valence electrons. The number of para-hydroxylation sites is 2. The maximum atomic E-state index is 13.4. The van der Waals surface area contributed by atoms with Crippen LogP contribution in [0.25, 0.3) is 6.08 Å². The van der Waals surface area contributed by atoms with Gasteiger partial charge in [-0.1, -0.05) is 36.4 Å². The van der Waals surface area contributed by atoms with Gasteiger partial charge in [0.1, 0.15) is 0 Å². The third kappa shape index (κ3) is 3.69. The Labute approximate surface area is 186 Å². The molecule has 2 aliphatic rings. The average Bonchev–Trinajstić information content (AvgIpc) is 3.38. The molecular formula is C23H15N3O5S. The smallest absolute Gasteiger partial charge is 0.280 e. The van der Waals surface area contributed by atoms with Gasteiger partial charge in [-0.3, -0.25) is 19.8 Å². The Kier molecular flexibility index (Phi) is 5.08. The first-order chi connectivity index (χ1) is 15.6. The first kappa shape index (κ1) is 19.8. The summed E-state index contributed by atoms with van der Waals surface area (Å²) in [5, 5.41) is 12.1. The molecule has 0 aromatic heterocycles. The number of amides is 1. The van der Waals surface area contributed by atoms with Gasteiger partial charge in [0, 0.05) is 0 Å². The van der Waals surface area contributed by atoms with Crippen molar-refractivity contribution in [1.29, 1.82) is 0 Å². The Hall–Kier alpha value is -4.11. The van der Waals surface area contributed by atoms with Gasteiger partial charge in [-0.15, -0.1) is 0 Å². The summed E-state index contributed by atoms with van der Waals surface area (Å²) in [7, 11) is 0. The van der Waals surface area contributed by atoms with Gasteiger partial charge in [0.2, 0.25) is 6.79 Å². The van der Waals surface area contributed by atoms with Crippen molar-refractivity contribution >= 4 is 46.0 Å². The van der Waals surface area contributed by atoms with Gasteiger partial charge in [-0.05, 0) is 48.2 Å². The molecule has 0 bridgehead atoms. The molecule has 3 aromatic rings. The number of nitro groups is 1. The predicted molar refractivity (Wildman–Crippen MR) is 122 cm³/mol. The molecule has 1 saturated heterocycles.